The third-order valence-electron chi connectivity index (χ3n) is 5.72. The number of ether oxygens (including phenoxy) is 1. The summed E-state index contributed by atoms with van der Waals surface area (Å²) in [5.74, 6) is -1.89. The monoisotopic (exact) mass is 424 g/mol. The minimum Gasteiger partial charge on any atom is -0.461 e. The van der Waals surface area contributed by atoms with Gasteiger partial charge in [0, 0.05) is 11.9 Å². The van der Waals surface area contributed by atoms with E-state index in [9.17, 15) is 19.2 Å². The van der Waals surface area contributed by atoms with E-state index in [-0.39, 0.29) is 42.5 Å². The van der Waals surface area contributed by atoms with Gasteiger partial charge in [0.2, 0.25) is 17.7 Å². The Morgan fingerprint density at radius 3 is 2.32 bits per heavy atom. The molecular formula is C22H24N4O5. The number of amides is 3. The molecule has 9 heteroatoms. The molecule has 3 amide bonds. The zero-order valence-electron chi connectivity index (χ0n) is 17.2. The fraction of sp³-hybridized carbons (Fsp3) is 0.409. The number of fused-ring (bicyclic) bond motifs is 1. The van der Waals surface area contributed by atoms with E-state index < -0.39 is 11.9 Å². The smallest absolute Gasteiger partial charge is 0.358 e. The molecule has 0 radical (unpaired) electrons. The lowest BCUT2D eigenvalue weighted by Crippen LogP contribution is -2.38. The first kappa shape index (κ1) is 20.8. The molecule has 2 unspecified atom stereocenters. The molecule has 0 bridgehead atoms. The molecule has 1 saturated carbocycles. The van der Waals surface area contributed by atoms with Gasteiger partial charge in [-0.3, -0.25) is 19.3 Å². The van der Waals surface area contributed by atoms with Gasteiger partial charge in [-0.15, -0.1) is 0 Å². The van der Waals surface area contributed by atoms with Crippen molar-refractivity contribution in [2.24, 2.45) is 11.8 Å². The first-order chi connectivity index (χ1) is 15.0. The molecule has 4 rings (SSSR count). The van der Waals surface area contributed by atoms with Crippen molar-refractivity contribution in [2.75, 3.05) is 18.5 Å². The van der Waals surface area contributed by atoms with Gasteiger partial charge in [-0.05, 0) is 50.1 Å². The third kappa shape index (κ3) is 4.21. The van der Waals surface area contributed by atoms with Gasteiger partial charge < -0.3 is 10.1 Å². The number of hydrogen-bond donors (Lipinski definition) is 1. The van der Waals surface area contributed by atoms with E-state index in [2.05, 4.69) is 10.4 Å². The molecule has 1 aromatic heterocycles. The fourth-order valence-electron chi connectivity index (χ4n) is 4.21. The van der Waals surface area contributed by atoms with Crippen LogP contribution in [-0.4, -0.2) is 51.5 Å². The molecule has 0 spiro atoms. The predicted molar refractivity (Wildman–Crippen MR) is 110 cm³/mol. The molecule has 2 aliphatic rings. The minimum absolute atomic E-state index is 0.208. The fourth-order valence-corrected chi connectivity index (χ4v) is 4.21. The normalized spacial score (nSPS) is 20.5. The molecule has 1 aromatic carbocycles. The highest BCUT2D eigenvalue weighted by atomic mass is 16.5. The summed E-state index contributed by atoms with van der Waals surface area (Å²) in [6, 6.07) is 8.41. The number of nitrogens with one attached hydrogen (secondary N) is 1. The molecule has 2 heterocycles. The van der Waals surface area contributed by atoms with Crippen molar-refractivity contribution in [1.82, 2.24) is 14.7 Å². The van der Waals surface area contributed by atoms with Crippen LogP contribution in [0.5, 0.6) is 0 Å². The van der Waals surface area contributed by atoms with Crippen LogP contribution in [0.15, 0.2) is 36.5 Å². The lowest BCUT2D eigenvalue weighted by atomic mass is 9.81. The lowest BCUT2D eigenvalue weighted by molar-refractivity contribution is -0.142. The van der Waals surface area contributed by atoms with Crippen molar-refractivity contribution in [3.05, 3.63) is 42.2 Å². The third-order valence-corrected chi connectivity index (χ3v) is 5.72. The highest BCUT2D eigenvalue weighted by Gasteiger charge is 2.48. The molecule has 2 fully saturated rings. The summed E-state index contributed by atoms with van der Waals surface area (Å²) in [4.78, 5) is 50.3. The second-order valence-corrected chi connectivity index (χ2v) is 7.72. The number of likely N-dealkylation sites (tertiary alicyclic amines) is 1. The summed E-state index contributed by atoms with van der Waals surface area (Å²) in [6.45, 7) is 1.73. The SMILES string of the molecule is CCOC(=O)c1ccn(-c2ccc(NC(=O)CN3C(=O)C4CCCCC4C3=O)cc2)n1. The van der Waals surface area contributed by atoms with E-state index >= 15 is 0 Å². The standard InChI is InChI=1S/C22H24N4O5/c1-2-31-22(30)18-11-12-26(24-18)15-9-7-14(8-10-15)23-19(27)13-25-20(28)16-5-3-4-6-17(16)21(25)29/h7-12,16-17H,2-6,13H2,1H3,(H,23,27). The number of esters is 1. The molecule has 1 N–H and O–H groups in total. The molecule has 2 atom stereocenters. The van der Waals surface area contributed by atoms with Crippen LogP contribution in [0.3, 0.4) is 0 Å². The van der Waals surface area contributed by atoms with Crippen LogP contribution in [0, 0.1) is 11.8 Å². The van der Waals surface area contributed by atoms with Gasteiger partial charge in [-0.2, -0.15) is 5.10 Å². The van der Waals surface area contributed by atoms with Crippen molar-refractivity contribution < 1.29 is 23.9 Å². The molecular weight excluding hydrogens is 400 g/mol. The Morgan fingerprint density at radius 1 is 1.06 bits per heavy atom. The van der Waals surface area contributed by atoms with E-state index in [0.717, 1.165) is 30.6 Å². The Balaban J connectivity index is 1.37. The number of benzene rings is 1. The van der Waals surface area contributed by atoms with Gasteiger partial charge in [0.25, 0.3) is 0 Å². The highest BCUT2D eigenvalue weighted by Crippen LogP contribution is 2.37. The van der Waals surface area contributed by atoms with Crippen molar-refractivity contribution in [3.8, 4) is 5.69 Å². The second kappa shape index (κ2) is 8.71. The number of imide groups is 1. The Hall–Kier alpha value is -3.49. The highest BCUT2D eigenvalue weighted by molar-refractivity contribution is 6.08. The number of carbonyl (C=O) groups excluding carboxylic acids is 4. The first-order valence-corrected chi connectivity index (χ1v) is 10.5. The molecule has 1 aliphatic heterocycles. The maximum absolute atomic E-state index is 12.5. The quantitative estimate of drug-likeness (QED) is 0.562. The summed E-state index contributed by atoms with van der Waals surface area (Å²) in [6.07, 6.45) is 4.98. The van der Waals surface area contributed by atoms with Gasteiger partial charge in [0.1, 0.15) is 6.54 Å². The topological polar surface area (TPSA) is 111 Å². The molecule has 2 aromatic rings. The van der Waals surface area contributed by atoms with Crippen LogP contribution in [-0.2, 0) is 19.1 Å². The van der Waals surface area contributed by atoms with Crippen molar-refractivity contribution in [1.29, 1.82) is 0 Å². The van der Waals surface area contributed by atoms with Crippen LogP contribution in [0.2, 0.25) is 0 Å². The zero-order chi connectivity index (χ0) is 22.0. The summed E-state index contributed by atoms with van der Waals surface area (Å²) in [5, 5.41) is 6.90. The van der Waals surface area contributed by atoms with Crippen molar-refractivity contribution in [3.63, 3.8) is 0 Å². The van der Waals surface area contributed by atoms with Gasteiger partial charge in [0.05, 0.1) is 24.1 Å². The molecule has 162 valence electrons. The predicted octanol–water partition coefficient (Wildman–Crippen LogP) is 2.16. The number of anilines is 1. The largest absolute Gasteiger partial charge is 0.461 e. The number of aromatic nitrogens is 2. The molecule has 31 heavy (non-hydrogen) atoms. The average Bonchev–Trinajstić information content (AvgIpc) is 3.35. The second-order valence-electron chi connectivity index (χ2n) is 7.72. The van der Waals surface area contributed by atoms with Crippen LogP contribution < -0.4 is 5.32 Å². The van der Waals surface area contributed by atoms with Gasteiger partial charge >= 0.3 is 5.97 Å². The number of carbonyl (C=O) groups is 4. The minimum atomic E-state index is -0.490. The average molecular weight is 424 g/mol. The van der Waals surface area contributed by atoms with Crippen LogP contribution in [0.25, 0.3) is 5.69 Å². The lowest BCUT2D eigenvalue weighted by Gasteiger charge is -2.19. The Bertz CT molecular complexity index is 989. The Kier molecular flexibility index (Phi) is 5.83. The van der Waals surface area contributed by atoms with Crippen LogP contribution in [0.1, 0.15) is 43.1 Å². The molecule has 1 saturated heterocycles. The van der Waals surface area contributed by atoms with Crippen LogP contribution in [0.4, 0.5) is 5.69 Å². The van der Waals surface area contributed by atoms with Crippen molar-refractivity contribution >= 4 is 29.4 Å². The van der Waals surface area contributed by atoms with Crippen molar-refractivity contribution in [2.45, 2.75) is 32.6 Å². The van der Waals surface area contributed by atoms with E-state index in [0.29, 0.717) is 11.4 Å². The van der Waals surface area contributed by atoms with E-state index in [1.165, 1.54) is 4.68 Å². The van der Waals surface area contributed by atoms with Gasteiger partial charge in [-0.1, -0.05) is 12.8 Å². The van der Waals surface area contributed by atoms with Crippen LogP contribution >= 0.6 is 0 Å². The molecule has 1 aliphatic carbocycles. The first-order valence-electron chi connectivity index (χ1n) is 10.5. The summed E-state index contributed by atoms with van der Waals surface area (Å²) >= 11 is 0. The van der Waals surface area contributed by atoms with Gasteiger partial charge in [-0.25, -0.2) is 9.48 Å². The van der Waals surface area contributed by atoms with E-state index in [4.69, 9.17) is 4.74 Å². The van der Waals surface area contributed by atoms with Gasteiger partial charge in [0.15, 0.2) is 5.69 Å². The van der Waals surface area contributed by atoms with E-state index in [1.807, 2.05) is 0 Å². The zero-order valence-corrected chi connectivity index (χ0v) is 17.2. The Morgan fingerprint density at radius 2 is 1.71 bits per heavy atom. The number of nitrogens with zero attached hydrogens (tertiary/aromatic N) is 3. The molecule has 9 nitrogen and oxygen atoms in total. The number of rotatable bonds is 6. The summed E-state index contributed by atoms with van der Waals surface area (Å²) in [7, 11) is 0. The number of hydrogen-bond acceptors (Lipinski definition) is 6. The summed E-state index contributed by atoms with van der Waals surface area (Å²) < 4.78 is 6.46. The Labute approximate surface area is 179 Å². The summed E-state index contributed by atoms with van der Waals surface area (Å²) in [5.41, 5.74) is 1.44. The maximum atomic E-state index is 12.5. The van der Waals surface area contributed by atoms with E-state index in [1.54, 1.807) is 43.5 Å². The maximum Gasteiger partial charge on any atom is 0.358 e.